The molecule has 4 N–H and O–H groups in total. The van der Waals surface area contributed by atoms with Crippen LogP contribution in [0.1, 0.15) is 40.2 Å². The van der Waals surface area contributed by atoms with Crippen molar-refractivity contribution < 1.29 is 18.8 Å². The fraction of sp³-hybridized carbons (Fsp3) is 0.278. The van der Waals surface area contributed by atoms with E-state index < -0.39 is 11.8 Å². The molecule has 1 aliphatic carbocycles. The molecule has 1 heterocycles. The molecule has 3 amide bonds. The van der Waals surface area contributed by atoms with E-state index in [-0.39, 0.29) is 24.1 Å². The van der Waals surface area contributed by atoms with Gasteiger partial charge in [0.2, 0.25) is 5.91 Å². The molecule has 3 rings (SSSR count). The number of nitrogens with one attached hydrogen (secondary N) is 2. The van der Waals surface area contributed by atoms with Gasteiger partial charge in [-0.3, -0.25) is 14.4 Å². The van der Waals surface area contributed by atoms with Crippen molar-refractivity contribution in [3.63, 3.8) is 0 Å². The lowest BCUT2D eigenvalue weighted by Gasteiger charge is -2.17. The molecule has 0 bridgehead atoms. The average Bonchev–Trinajstić information content (AvgIpc) is 3.28. The first-order valence-electron chi connectivity index (χ1n) is 8.07. The maximum absolute atomic E-state index is 12.4. The van der Waals surface area contributed by atoms with Crippen molar-refractivity contribution in [2.75, 3.05) is 5.32 Å². The number of anilines is 1. The molecule has 0 aliphatic heterocycles. The van der Waals surface area contributed by atoms with Crippen LogP contribution in [0.25, 0.3) is 0 Å². The number of benzene rings is 1. The Morgan fingerprint density at radius 2 is 1.96 bits per heavy atom. The highest BCUT2D eigenvalue weighted by Gasteiger charge is 2.33. The van der Waals surface area contributed by atoms with E-state index in [1.165, 1.54) is 6.26 Å². The molecular weight excluding hydrogens is 322 g/mol. The second kappa shape index (κ2) is 7.21. The third kappa shape index (κ3) is 4.47. The van der Waals surface area contributed by atoms with Gasteiger partial charge in [0.05, 0.1) is 6.26 Å². The van der Waals surface area contributed by atoms with Crippen LogP contribution in [-0.4, -0.2) is 23.8 Å². The number of furan rings is 1. The van der Waals surface area contributed by atoms with Gasteiger partial charge in [-0.15, -0.1) is 0 Å². The minimum absolute atomic E-state index is 0.130. The maximum atomic E-state index is 12.4. The Bertz CT molecular complexity index is 781. The molecule has 2 aromatic rings. The second-order valence-corrected chi connectivity index (χ2v) is 6.10. The smallest absolute Gasteiger partial charge is 0.291 e. The molecule has 1 aromatic heterocycles. The highest BCUT2D eigenvalue weighted by atomic mass is 16.3. The Kier molecular flexibility index (Phi) is 4.83. The number of carbonyl (C=O) groups excluding carboxylic acids is 3. The van der Waals surface area contributed by atoms with Crippen molar-refractivity contribution in [3.8, 4) is 0 Å². The highest BCUT2D eigenvalue weighted by molar-refractivity contribution is 6.03. The van der Waals surface area contributed by atoms with Crippen LogP contribution >= 0.6 is 0 Å². The SMILES string of the molecule is NC(=O)C[C@H](NC(=O)c1cccc(NC(=O)c2ccco2)c1)C1CC1. The molecule has 7 heteroatoms. The summed E-state index contributed by atoms with van der Waals surface area (Å²) in [5.41, 5.74) is 6.13. The number of hydrogen-bond acceptors (Lipinski definition) is 4. The van der Waals surface area contributed by atoms with Gasteiger partial charge < -0.3 is 20.8 Å². The quantitative estimate of drug-likeness (QED) is 0.713. The van der Waals surface area contributed by atoms with Crippen molar-refractivity contribution >= 4 is 23.4 Å². The predicted molar refractivity (Wildman–Crippen MR) is 90.9 cm³/mol. The summed E-state index contributed by atoms with van der Waals surface area (Å²) in [5, 5.41) is 5.54. The van der Waals surface area contributed by atoms with Gasteiger partial charge in [-0.1, -0.05) is 6.07 Å². The number of carbonyl (C=O) groups is 3. The van der Waals surface area contributed by atoms with Gasteiger partial charge in [-0.05, 0) is 49.1 Å². The van der Waals surface area contributed by atoms with Crippen LogP contribution in [0.15, 0.2) is 47.1 Å². The van der Waals surface area contributed by atoms with Crippen molar-refractivity contribution in [1.82, 2.24) is 5.32 Å². The van der Waals surface area contributed by atoms with Gasteiger partial charge in [0.1, 0.15) is 0 Å². The summed E-state index contributed by atoms with van der Waals surface area (Å²) in [6, 6.07) is 9.50. The summed E-state index contributed by atoms with van der Waals surface area (Å²) in [5.74, 6) is -0.639. The highest BCUT2D eigenvalue weighted by Crippen LogP contribution is 2.34. The number of primary amides is 1. The molecule has 1 aliphatic rings. The zero-order chi connectivity index (χ0) is 17.8. The fourth-order valence-corrected chi connectivity index (χ4v) is 2.64. The van der Waals surface area contributed by atoms with Crippen molar-refractivity contribution in [3.05, 3.63) is 54.0 Å². The zero-order valence-corrected chi connectivity index (χ0v) is 13.5. The Morgan fingerprint density at radius 1 is 1.16 bits per heavy atom. The molecule has 7 nitrogen and oxygen atoms in total. The second-order valence-electron chi connectivity index (χ2n) is 6.10. The maximum Gasteiger partial charge on any atom is 0.291 e. The third-order valence-corrected chi connectivity index (χ3v) is 4.06. The van der Waals surface area contributed by atoms with Gasteiger partial charge >= 0.3 is 0 Å². The largest absolute Gasteiger partial charge is 0.459 e. The molecule has 1 fully saturated rings. The van der Waals surface area contributed by atoms with Crippen LogP contribution in [0, 0.1) is 5.92 Å². The standard InChI is InChI=1S/C18H19N3O4/c19-16(22)10-14(11-6-7-11)21-17(23)12-3-1-4-13(9-12)20-18(24)15-5-2-8-25-15/h1-5,8-9,11,14H,6-7,10H2,(H2,19,22)(H,20,24)(H,21,23)/t14-/m0/s1. The summed E-state index contributed by atoms with van der Waals surface area (Å²) in [6.07, 6.45) is 3.51. The molecule has 1 aromatic carbocycles. The lowest BCUT2D eigenvalue weighted by Crippen LogP contribution is -2.39. The molecule has 1 atom stereocenters. The topological polar surface area (TPSA) is 114 Å². The third-order valence-electron chi connectivity index (χ3n) is 4.06. The number of amides is 3. The van der Waals surface area contributed by atoms with Crippen LogP contribution in [0.3, 0.4) is 0 Å². The van der Waals surface area contributed by atoms with Crippen LogP contribution < -0.4 is 16.4 Å². The Balaban J connectivity index is 1.66. The number of nitrogens with two attached hydrogens (primary N) is 1. The molecular formula is C18H19N3O4. The van der Waals surface area contributed by atoms with Gasteiger partial charge in [-0.25, -0.2) is 0 Å². The van der Waals surface area contributed by atoms with Crippen molar-refractivity contribution in [2.45, 2.75) is 25.3 Å². The number of rotatable bonds is 7. The van der Waals surface area contributed by atoms with Crippen LogP contribution in [0.2, 0.25) is 0 Å². The Labute approximate surface area is 144 Å². The predicted octanol–water partition coefficient (Wildman–Crippen LogP) is 1.92. The monoisotopic (exact) mass is 341 g/mol. The van der Waals surface area contributed by atoms with Crippen LogP contribution in [-0.2, 0) is 4.79 Å². The minimum Gasteiger partial charge on any atom is -0.459 e. The first-order valence-corrected chi connectivity index (χ1v) is 8.07. The molecule has 25 heavy (non-hydrogen) atoms. The summed E-state index contributed by atoms with van der Waals surface area (Å²) in [6.45, 7) is 0. The Hall–Kier alpha value is -3.09. The van der Waals surface area contributed by atoms with E-state index in [4.69, 9.17) is 10.2 Å². The first-order chi connectivity index (χ1) is 12.0. The van der Waals surface area contributed by atoms with Crippen LogP contribution in [0.4, 0.5) is 5.69 Å². The average molecular weight is 341 g/mol. The fourth-order valence-electron chi connectivity index (χ4n) is 2.64. The van der Waals surface area contributed by atoms with Crippen molar-refractivity contribution in [1.29, 1.82) is 0 Å². The van der Waals surface area contributed by atoms with E-state index in [1.807, 2.05) is 0 Å². The molecule has 0 radical (unpaired) electrons. The zero-order valence-electron chi connectivity index (χ0n) is 13.5. The molecule has 0 spiro atoms. The van der Waals surface area contributed by atoms with E-state index in [2.05, 4.69) is 10.6 Å². The molecule has 0 saturated heterocycles. The summed E-state index contributed by atoms with van der Waals surface area (Å²) in [4.78, 5) is 35.6. The van der Waals surface area contributed by atoms with E-state index in [0.29, 0.717) is 17.2 Å². The minimum atomic E-state index is -0.434. The summed E-state index contributed by atoms with van der Waals surface area (Å²) < 4.78 is 5.03. The van der Waals surface area contributed by atoms with E-state index >= 15 is 0 Å². The lowest BCUT2D eigenvalue weighted by molar-refractivity contribution is -0.118. The summed E-state index contributed by atoms with van der Waals surface area (Å²) >= 11 is 0. The lowest BCUT2D eigenvalue weighted by atomic mass is 10.1. The molecule has 1 saturated carbocycles. The number of hydrogen-bond donors (Lipinski definition) is 3. The van der Waals surface area contributed by atoms with E-state index in [0.717, 1.165) is 12.8 Å². The normalized spacial score (nSPS) is 14.6. The van der Waals surface area contributed by atoms with Gasteiger partial charge in [0, 0.05) is 23.7 Å². The summed E-state index contributed by atoms with van der Waals surface area (Å²) in [7, 11) is 0. The van der Waals surface area contributed by atoms with E-state index in [1.54, 1.807) is 36.4 Å². The molecule has 0 unspecified atom stereocenters. The van der Waals surface area contributed by atoms with Gasteiger partial charge in [0.15, 0.2) is 5.76 Å². The Morgan fingerprint density at radius 3 is 2.60 bits per heavy atom. The van der Waals surface area contributed by atoms with Gasteiger partial charge in [0.25, 0.3) is 11.8 Å². The van der Waals surface area contributed by atoms with E-state index in [9.17, 15) is 14.4 Å². The van der Waals surface area contributed by atoms with Crippen LogP contribution in [0.5, 0.6) is 0 Å². The molecule has 130 valence electrons. The van der Waals surface area contributed by atoms with Crippen molar-refractivity contribution in [2.24, 2.45) is 11.7 Å². The first kappa shape index (κ1) is 16.8. The van der Waals surface area contributed by atoms with Gasteiger partial charge in [-0.2, -0.15) is 0 Å².